The molecule has 0 aliphatic carbocycles. The Kier molecular flexibility index (Phi) is 8.24. The molecule has 1 aromatic heterocycles. The Labute approximate surface area is 219 Å². The predicted octanol–water partition coefficient (Wildman–Crippen LogP) is 2.55. The summed E-state index contributed by atoms with van der Waals surface area (Å²) in [5.74, 6) is -1.94. The number of nitrogens with zero attached hydrogens (tertiary/aromatic N) is 2. The van der Waals surface area contributed by atoms with Crippen LogP contribution in [0, 0.1) is 10.1 Å². The Morgan fingerprint density at radius 1 is 1.14 bits per heavy atom. The molecule has 2 aliphatic rings. The molecule has 3 atom stereocenters. The summed E-state index contributed by atoms with van der Waals surface area (Å²) >= 11 is 2.69. The van der Waals surface area contributed by atoms with Crippen molar-refractivity contribution in [3.8, 4) is 0 Å². The molecular formula is C24H23N3O8S2. The quantitative estimate of drug-likeness (QED) is 0.206. The highest BCUT2D eigenvalue weighted by Gasteiger charge is 2.56. The number of nitro groups is 1. The fourth-order valence-electron chi connectivity index (χ4n) is 3.82. The fourth-order valence-corrected chi connectivity index (χ4v) is 5.74. The smallest absolute Gasteiger partial charge is 0.333 e. The van der Waals surface area contributed by atoms with Gasteiger partial charge in [0.05, 0.1) is 11.3 Å². The Morgan fingerprint density at radius 2 is 1.89 bits per heavy atom. The average molecular weight is 546 g/mol. The van der Waals surface area contributed by atoms with Crippen LogP contribution < -0.4 is 5.32 Å². The van der Waals surface area contributed by atoms with Gasteiger partial charge in [-0.25, -0.2) is 4.79 Å². The summed E-state index contributed by atoms with van der Waals surface area (Å²) < 4.78 is 10.6. The monoisotopic (exact) mass is 545 g/mol. The summed E-state index contributed by atoms with van der Waals surface area (Å²) in [6.45, 7) is 1.28. The number of thioether (sulfide) groups is 1. The lowest BCUT2D eigenvalue weighted by Crippen LogP contribution is -2.74. The zero-order valence-corrected chi connectivity index (χ0v) is 21.3. The summed E-state index contributed by atoms with van der Waals surface area (Å²) in [4.78, 5) is 62.9. The van der Waals surface area contributed by atoms with E-state index in [-0.39, 0.29) is 37.6 Å². The zero-order valence-electron chi connectivity index (χ0n) is 19.7. The fraction of sp³-hybridized carbons (Fsp3) is 0.333. The Hall–Kier alpha value is -3.71. The lowest BCUT2D eigenvalue weighted by atomic mass is 9.98. The van der Waals surface area contributed by atoms with Crippen molar-refractivity contribution in [3.63, 3.8) is 0 Å². The van der Waals surface area contributed by atoms with Crippen molar-refractivity contribution >= 4 is 52.5 Å². The first-order valence-electron chi connectivity index (χ1n) is 11.3. The second-order valence-corrected chi connectivity index (χ2v) is 10.2. The van der Waals surface area contributed by atoms with Gasteiger partial charge in [0.2, 0.25) is 11.8 Å². The molecule has 1 N–H and O–H groups in total. The molecule has 0 spiro atoms. The molecule has 37 heavy (non-hydrogen) atoms. The van der Waals surface area contributed by atoms with E-state index in [0.29, 0.717) is 11.1 Å². The number of carbonyl (C=O) groups excluding carboxylic acids is 4. The first kappa shape index (κ1) is 26.4. The number of ether oxygens (including phenoxy) is 2. The highest BCUT2D eigenvalue weighted by molar-refractivity contribution is 8.03. The number of nitro benzene ring substituents is 1. The standard InChI is InChI=1S/C24H23N3O8S2/c1-2-19(29)34-12-15-13-37-23-20(25-18(28)10-17-4-3-9-36-17)22(30)26(23)21(15)24(31)35-11-14-5-7-16(8-6-14)27(32)33/h3-9,13,20-21,23H,2,10-12H2,1H3,(H,25,28)/t20?,21?,23-/m1/s1. The van der Waals surface area contributed by atoms with E-state index in [1.807, 2.05) is 17.5 Å². The maximum Gasteiger partial charge on any atom is 0.333 e. The molecule has 1 saturated heterocycles. The van der Waals surface area contributed by atoms with Crippen molar-refractivity contribution in [2.45, 2.75) is 43.8 Å². The average Bonchev–Trinajstić information content (AvgIpc) is 3.41. The highest BCUT2D eigenvalue weighted by atomic mass is 32.2. The maximum atomic E-state index is 13.1. The molecule has 0 radical (unpaired) electrons. The number of nitrogens with one attached hydrogen (secondary N) is 1. The van der Waals surface area contributed by atoms with Gasteiger partial charge >= 0.3 is 11.9 Å². The first-order chi connectivity index (χ1) is 17.8. The van der Waals surface area contributed by atoms with Gasteiger partial charge in [-0.1, -0.05) is 13.0 Å². The minimum Gasteiger partial charge on any atom is -0.461 e. The lowest BCUT2D eigenvalue weighted by molar-refractivity contribution is -0.384. The summed E-state index contributed by atoms with van der Waals surface area (Å²) in [7, 11) is 0. The second kappa shape index (κ2) is 11.6. The molecule has 11 nitrogen and oxygen atoms in total. The van der Waals surface area contributed by atoms with Crippen LogP contribution in [-0.2, 0) is 41.7 Å². The number of fused-ring (bicyclic) bond motifs is 1. The van der Waals surface area contributed by atoms with E-state index >= 15 is 0 Å². The zero-order chi connectivity index (χ0) is 26.5. The number of thiophene rings is 1. The molecule has 2 aromatic rings. The van der Waals surface area contributed by atoms with E-state index in [1.54, 1.807) is 12.3 Å². The van der Waals surface area contributed by atoms with E-state index in [2.05, 4.69) is 5.32 Å². The Bertz CT molecular complexity index is 1230. The molecule has 4 rings (SSSR count). The minimum atomic E-state index is -1.13. The van der Waals surface area contributed by atoms with E-state index in [1.165, 1.54) is 52.3 Å². The molecule has 0 bridgehead atoms. The van der Waals surface area contributed by atoms with Crippen molar-refractivity contribution in [1.82, 2.24) is 10.2 Å². The molecular weight excluding hydrogens is 522 g/mol. The van der Waals surface area contributed by atoms with Crippen molar-refractivity contribution in [2.24, 2.45) is 0 Å². The van der Waals surface area contributed by atoms with Gasteiger partial charge in [0.1, 0.15) is 24.6 Å². The van der Waals surface area contributed by atoms with Crippen molar-refractivity contribution < 1.29 is 33.6 Å². The molecule has 1 fully saturated rings. The molecule has 2 unspecified atom stereocenters. The van der Waals surface area contributed by atoms with Gasteiger partial charge in [-0.15, -0.1) is 23.1 Å². The molecule has 0 saturated carbocycles. The third-order valence-electron chi connectivity index (χ3n) is 5.74. The summed E-state index contributed by atoms with van der Waals surface area (Å²) in [5.41, 5.74) is 0.814. The third-order valence-corrected chi connectivity index (χ3v) is 7.83. The summed E-state index contributed by atoms with van der Waals surface area (Å²) in [5, 5.41) is 16.6. The SMILES string of the molecule is CCC(=O)OCC1=CS[C@@H]2C(NC(=O)Cc3cccs3)C(=O)N2C1C(=O)OCc1ccc([N+](=O)[O-])cc1. The lowest BCUT2D eigenvalue weighted by Gasteiger charge is -2.51. The van der Waals surface area contributed by atoms with Crippen LogP contribution in [0.2, 0.25) is 0 Å². The van der Waals surface area contributed by atoms with Gasteiger partial charge in [0, 0.05) is 29.0 Å². The predicted molar refractivity (Wildman–Crippen MR) is 134 cm³/mol. The molecule has 3 heterocycles. The van der Waals surface area contributed by atoms with Gasteiger partial charge in [-0.05, 0) is 34.6 Å². The topological polar surface area (TPSA) is 145 Å². The first-order valence-corrected chi connectivity index (χ1v) is 13.1. The number of non-ortho nitro benzene ring substituents is 1. The van der Waals surface area contributed by atoms with Gasteiger partial charge in [-0.3, -0.25) is 24.5 Å². The van der Waals surface area contributed by atoms with E-state index in [9.17, 15) is 29.3 Å². The van der Waals surface area contributed by atoms with Crippen molar-refractivity contribution in [1.29, 1.82) is 0 Å². The van der Waals surface area contributed by atoms with Crippen LogP contribution in [0.4, 0.5) is 5.69 Å². The minimum absolute atomic E-state index is 0.0940. The van der Waals surface area contributed by atoms with E-state index in [0.717, 1.165) is 4.88 Å². The van der Waals surface area contributed by atoms with Crippen LogP contribution in [0.5, 0.6) is 0 Å². The molecule has 1 aromatic carbocycles. The number of hydrogen-bond acceptors (Lipinski definition) is 10. The van der Waals surface area contributed by atoms with E-state index in [4.69, 9.17) is 9.47 Å². The Morgan fingerprint density at radius 3 is 2.54 bits per heavy atom. The van der Waals surface area contributed by atoms with Gasteiger partial charge in [0.15, 0.2) is 6.04 Å². The Balaban J connectivity index is 1.45. The largest absolute Gasteiger partial charge is 0.461 e. The van der Waals surface area contributed by atoms with Crippen LogP contribution in [0.3, 0.4) is 0 Å². The van der Waals surface area contributed by atoms with Crippen LogP contribution in [0.15, 0.2) is 52.8 Å². The number of hydrogen-bond donors (Lipinski definition) is 1. The number of esters is 2. The van der Waals surface area contributed by atoms with Crippen LogP contribution in [0.25, 0.3) is 0 Å². The molecule has 13 heteroatoms. The molecule has 2 amide bonds. The van der Waals surface area contributed by atoms with Gasteiger partial charge in [-0.2, -0.15) is 0 Å². The van der Waals surface area contributed by atoms with Crippen molar-refractivity contribution in [3.05, 3.63) is 73.3 Å². The number of benzene rings is 1. The number of β-lactam (4-membered cyclic amide) rings is 1. The van der Waals surface area contributed by atoms with Crippen LogP contribution in [-0.4, -0.2) is 57.6 Å². The van der Waals surface area contributed by atoms with Gasteiger partial charge < -0.3 is 19.7 Å². The van der Waals surface area contributed by atoms with Crippen LogP contribution in [0.1, 0.15) is 23.8 Å². The maximum absolute atomic E-state index is 13.1. The normalized spacial score (nSPS) is 20.2. The van der Waals surface area contributed by atoms with Crippen LogP contribution >= 0.6 is 23.1 Å². The van der Waals surface area contributed by atoms with Crippen molar-refractivity contribution in [2.75, 3.05) is 6.61 Å². The number of carbonyl (C=O) groups is 4. The van der Waals surface area contributed by atoms with E-state index < -0.39 is 40.2 Å². The molecule has 2 aliphatic heterocycles. The summed E-state index contributed by atoms with van der Waals surface area (Å²) in [6.07, 6.45) is 0.299. The second-order valence-electron chi connectivity index (χ2n) is 8.21. The van der Waals surface area contributed by atoms with Gasteiger partial charge in [0.25, 0.3) is 5.69 Å². The molecule has 194 valence electrons. The number of amides is 2. The third kappa shape index (κ3) is 6.00. The highest BCUT2D eigenvalue weighted by Crippen LogP contribution is 2.40. The number of rotatable bonds is 10. The summed E-state index contributed by atoms with van der Waals surface area (Å²) in [6, 6.07) is 7.27.